The lowest BCUT2D eigenvalue weighted by Gasteiger charge is -2.09. The van der Waals surface area contributed by atoms with E-state index in [1.165, 1.54) is 0 Å². The molecule has 0 radical (unpaired) electrons. The number of carbonyl (C=O) groups is 1. The van der Waals surface area contributed by atoms with Gasteiger partial charge in [-0.05, 0) is 24.6 Å². The summed E-state index contributed by atoms with van der Waals surface area (Å²) >= 11 is 3.45. The van der Waals surface area contributed by atoms with Crippen molar-refractivity contribution in [2.24, 2.45) is 7.05 Å². The van der Waals surface area contributed by atoms with Crippen LogP contribution in [0.2, 0.25) is 0 Å². The van der Waals surface area contributed by atoms with Gasteiger partial charge in [-0.1, -0.05) is 15.9 Å². The number of nitrogens with one attached hydrogen (secondary N) is 1. The fraction of sp³-hybridized carbons (Fsp3) is 0.357. The number of rotatable bonds is 2. The number of hydrogen-bond donors (Lipinski definition) is 1. The maximum Gasteiger partial charge on any atom is 0.253 e. The number of amides is 1. The Bertz CT molecular complexity index is 630. The molecule has 1 aliphatic rings. The number of carbonyl (C=O) groups excluding carboxylic acids is 1. The van der Waals surface area contributed by atoms with E-state index < -0.39 is 0 Å². The third kappa shape index (κ3) is 2.40. The molecule has 1 aliphatic heterocycles. The van der Waals surface area contributed by atoms with Crippen molar-refractivity contribution in [2.75, 3.05) is 13.2 Å². The quantitative estimate of drug-likeness (QED) is 0.923. The topological polar surface area (TPSA) is 43.3 Å². The summed E-state index contributed by atoms with van der Waals surface area (Å²) in [6.45, 7) is 1.34. The van der Waals surface area contributed by atoms with Crippen LogP contribution in [0.3, 0.4) is 0 Å². The lowest BCUT2D eigenvalue weighted by molar-refractivity contribution is 0.0931. The molecule has 1 N–H and O–H groups in total. The summed E-state index contributed by atoms with van der Waals surface area (Å²) in [5.74, 6) is -0.0285. The molecule has 2 aromatic rings. The summed E-state index contributed by atoms with van der Waals surface area (Å²) < 4.78 is 8.23. The molecule has 1 aromatic heterocycles. The molecule has 100 valence electrons. The summed E-state index contributed by atoms with van der Waals surface area (Å²) in [5.41, 5.74) is 1.77. The zero-order valence-electron chi connectivity index (χ0n) is 10.6. The second kappa shape index (κ2) is 4.98. The smallest absolute Gasteiger partial charge is 0.253 e. The van der Waals surface area contributed by atoms with Gasteiger partial charge in [0.1, 0.15) is 0 Å². The third-order valence-electron chi connectivity index (χ3n) is 3.46. The number of ether oxygens (including phenoxy) is 1. The molecule has 4 nitrogen and oxygen atoms in total. The molecule has 1 aromatic carbocycles. The van der Waals surface area contributed by atoms with Crippen molar-refractivity contribution in [3.05, 3.63) is 34.4 Å². The lowest BCUT2D eigenvalue weighted by Crippen LogP contribution is -2.34. The van der Waals surface area contributed by atoms with E-state index in [1.54, 1.807) is 0 Å². The van der Waals surface area contributed by atoms with Gasteiger partial charge in [0.15, 0.2) is 0 Å². The number of fused-ring (bicyclic) bond motifs is 1. The van der Waals surface area contributed by atoms with Gasteiger partial charge in [0, 0.05) is 35.2 Å². The van der Waals surface area contributed by atoms with Gasteiger partial charge in [0.2, 0.25) is 0 Å². The van der Waals surface area contributed by atoms with Crippen molar-refractivity contribution in [2.45, 2.75) is 12.5 Å². The average molecular weight is 323 g/mol. The molecular weight excluding hydrogens is 308 g/mol. The molecule has 19 heavy (non-hydrogen) atoms. The highest BCUT2D eigenvalue weighted by atomic mass is 79.9. The van der Waals surface area contributed by atoms with E-state index in [0.717, 1.165) is 28.4 Å². The zero-order valence-corrected chi connectivity index (χ0v) is 12.2. The van der Waals surface area contributed by atoms with Crippen LogP contribution in [0.15, 0.2) is 28.9 Å². The Morgan fingerprint density at radius 2 is 2.37 bits per heavy atom. The van der Waals surface area contributed by atoms with E-state index in [4.69, 9.17) is 4.74 Å². The van der Waals surface area contributed by atoms with Crippen molar-refractivity contribution in [1.82, 2.24) is 9.88 Å². The molecule has 0 spiro atoms. The van der Waals surface area contributed by atoms with Crippen molar-refractivity contribution in [3.63, 3.8) is 0 Å². The number of nitrogens with zero attached hydrogens (tertiary/aromatic N) is 1. The van der Waals surface area contributed by atoms with Gasteiger partial charge >= 0.3 is 0 Å². The minimum absolute atomic E-state index is 0.0285. The van der Waals surface area contributed by atoms with Crippen molar-refractivity contribution < 1.29 is 9.53 Å². The molecule has 1 saturated heterocycles. The molecule has 1 unspecified atom stereocenters. The van der Waals surface area contributed by atoms with Gasteiger partial charge in [-0.25, -0.2) is 0 Å². The fourth-order valence-corrected chi connectivity index (χ4v) is 2.82. The van der Waals surface area contributed by atoms with Crippen LogP contribution in [0.4, 0.5) is 0 Å². The van der Waals surface area contributed by atoms with Gasteiger partial charge in [-0.15, -0.1) is 0 Å². The Hall–Kier alpha value is -1.33. The van der Waals surface area contributed by atoms with Crippen molar-refractivity contribution in [3.8, 4) is 0 Å². The van der Waals surface area contributed by atoms with Crippen molar-refractivity contribution in [1.29, 1.82) is 0 Å². The number of hydrogen-bond acceptors (Lipinski definition) is 2. The predicted octanol–water partition coefficient (Wildman–Crippen LogP) is 2.46. The molecule has 0 bridgehead atoms. The van der Waals surface area contributed by atoms with E-state index >= 15 is 0 Å². The second-order valence-corrected chi connectivity index (χ2v) is 5.76. The number of halogens is 1. The van der Waals surface area contributed by atoms with E-state index in [-0.39, 0.29) is 11.9 Å². The Morgan fingerprint density at radius 3 is 3.11 bits per heavy atom. The predicted molar refractivity (Wildman–Crippen MR) is 77.3 cm³/mol. The largest absolute Gasteiger partial charge is 0.379 e. The summed E-state index contributed by atoms with van der Waals surface area (Å²) in [7, 11) is 1.95. The van der Waals surface area contributed by atoms with E-state index in [9.17, 15) is 4.79 Å². The molecule has 0 aliphatic carbocycles. The Morgan fingerprint density at radius 1 is 1.53 bits per heavy atom. The maximum absolute atomic E-state index is 12.3. The van der Waals surface area contributed by atoms with E-state index in [2.05, 4.69) is 21.2 Å². The monoisotopic (exact) mass is 322 g/mol. The first-order valence-corrected chi connectivity index (χ1v) is 7.07. The van der Waals surface area contributed by atoms with E-state index in [1.807, 2.05) is 36.0 Å². The number of aryl methyl sites for hydroxylation is 1. The Kier molecular flexibility index (Phi) is 3.33. The van der Waals surface area contributed by atoms with Gasteiger partial charge in [-0.2, -0.15) is 0 Å². The van der Waals surface area contributed by atoms with Gasteiger partial charge < -0.3 is 14.6 Å². The molecule has 1 fully saturated rings. The summed E-state index contributed by atoms with van der Waals surface area (Å²) in [6.07, 6.45) is 2.77. The van der Waals surface area contributed by atoms with Gasteiger partial charge in [-0.3, -0.25) is 4.79 Å². The van der Waals surface area contributed by atoms with Gasteiger partial charge in [0.25, 0.3) is 5.91 Å². The second-order valence-electron chi connectivity index (χ2n) is 4.85. The molecule has 3 rings (SSSR count). The van der Waals surface area contributed by atoms with Crippen LogP contribution >= 0.6 is 15.9 Å². The minimum atomic E-state index is -0.0285. The van der Waals surface area contributed by atoms with Crippen molar-refractivity contribution >= 4 is 32.7 Å². The standard InChI is InChI=1S/C14H15BrN2O2/c1-17-7-12(11-6-9(15)2-3-13(11)17)14(18)16-10-4-5-19-8-10/h2-3,6-7,10H,4-5,8H2,1H3,(H,16,18). The van der Waals surface area contributed by atoms with Crippen LogP contribution in [0.1, 0.15) is 16.8 Å². The van der Waals surface area contributed by atoms with Crippen LogP contribution < -0.4 is 5.32 Å². The number of benzene rings is 1. The fourth-order valence-electron chi connectivity index (χ4n) is 2.46. The molecule has 1 atom stereocenters. The first kappa shape index (κ1) is 12.7. The summed E-state index contributed by atoms with van der Waals surface area (Å²) in [5, 5.41) is 3.99. The zero-order chi connectivity index (χ0) is 13.4. The molecule has 1 amide bonds. The summed E-state index contributed by atoms with van der Waals surface area (Å²) in [4.78, 5) is 12.3. The highest BCUT2D eigenvalue weighted by Crippen LogP contribution is 2.24. The molecule has 2 heterocycles. The molecule has 0 saturated carbocycles. The van der Waals surface area contributed by atoms with Crippen LogP contribution in [0.5, 0.6) is 0 Å². The first-order chi connectivity index (χ1) is 9.15. The first-order valence-electron chi connectivity index (χ1n) is 6.28. The van der Waals surface area contributed by atoms with Crippen LogP contribution in [0.25, 0.3) is 10.9 Å². The number of aromatic nitrogens is 1. The molecular formula is C14H15BrN2O2. The SMILES string of the molecule is Cn1cc(C(=O)NC2CCOC2)c2cc(Br)ccc21. The van der Waals surface area contributed by atoms with Crippen LogP contribution in [0, 0.1) is 0 Å². The lowest BCUT2D eigenvalue weighted by atomic mass is 10.1. The summed E-state index contributed by atoms with van der Waals surface area (Å²) in [6, 6.07) is 6.11. The normalized spacial score (nSPS) is 18.9. The minimum Gasteiger partial charge on any atom is -0.379 e. The van der Waals surface area contributed by atoms with Crippen LogP contribution in [-0.2, 0) is 11.8 Å². The Labute approximate surface area is 119 Å². The maximum atomic E-state index is 12.3. The van der Waals surface area contributed by atoms with E-state index in [0.29, 0.717) is 12.2 Å². The third-order valence-corrected chi connectivity index (χ3v) is 3.95. The average Bonchev–Trinajstić information content (AvgIpc) is 2.98. The highest BCUT2D eigenvalue weighted by Gasteiger charge is 2.21. The molecule has 5 heteroatoms. The highest BCUT2D eigenvalue weighted by molar-refractivity contribution is 9.10. The van der Waals surface area contributed by atoms with Gasteiger partial charge in [0.05, 0.1) is 18.2 Å². The van der Waals surface area contributed by atoms with Crippen LogP contribution in [-0.4, -0.2) is 29.7 Å². The Balaban J connectivity index is 1.95.